The lowest BCUT2D eigenvalue weighted by molar-refractivity contribution is 0.578. The van der Waals surface area contributed by atoms with Crippen LogP contribution >= 0.6 is 11.3 Å². The molecular weight excluding hydrogens is 289 g/mol. The van der Waals surface area contributed by atoms with Crippen molar-refractivity contribution in [1.29, 1.82) is 0 Å². The van der Waals surface area contributed by atoms with Crippen LogP contribution in [-0.4, -0.2) is 13.4 Å². The summed E-state index contributed by atoms with van der Waals surface area (Å²) in [5.41, 5.74) is 7.77. The number of nitrogens with two attached hydrogens (primary N) is 1. The molecule has 0 radical (unpaired) electrons. The summed E-state index contributed by atoms with van der Waals surface area (Å²) >= 11 is 1.38. The highest BCUT2D eigenvalue weighted by Gasteiger charge is 2.16. The molecule has 1 heterocycles. The van der Waals surface area contributed by atoms with Crippen molar-refractivity contribution in [3.05, 3.63) is 46.2 Å². The van der Waals surface area contributed by atoms with Gasteiger partial charge in [-0.05, 0) is 18.2 Å². The smallest absolute Gasteiger partial charge is 0.240 e. The van der Waals surface area contributed by atoms with Gasteiger partial charge in [-0.1, -0.05) is 0 Å². The van der Waals surface area contributed by atoms with Gasteiger partial charge in [-0.3, -0.25) is 0 Å². The van der Waals surface area contributed by atoms with Gasteiger partial charge in [0.05, 0.1) is 22.6 Å². The standard InChI is InChI=1S/C11H12FN3O2S2/c12-11-2-1-10(3-8(11)4-13)19(16,17)15-5-9-6-18-7-14-9/h1-3,6-7,15H,4-5,13H2. The molecule has 2 aromatic rings. The predicted octanol–water partition coefficient (Wildman–Crippen LogP) is 1.22. The van der Waals surface area contributed by atoms with Crippen LogP contribution in [0, 0.1) is 5.82 Å². The van der Waals surface area contributed by atoms with Gasteiger partial charge in [-0.25, -0.2) is 22.5 Å². The molecule has 3 N–H and O–H groups in total. The molecule has 0 aliphatic carbocycles. The van der Waals surface area contributed by atoms with Gasteiger partial charge in [-0.2, -0.15) is 0 Å². The molecule has 0 saturated heterocycles. The van der Waals surface area contributed by atoms with Gasteiger partial charge in [0.2, 0.25) is 10.0 Å². The summed E-state index contributed by atoms with van der Waals surface area (Å²) < 4.78 is 39.7. The summed E-state index contributed by atoms with van der Waals surface area (Å²) in [4.78, 5) is 3.96. The quantitative estimate of drug-likeness (QED) is 0.869. The normalized spacial score (nSPS) is 11.7. The number of halogens is 1. The van der Waals surface area contributed by atoms with Crippen LogP contribution in [0.1, 0.15) is 11.3 Å². The molecular formula is C11H12FN3O2S2. The van der Waals surface area contributed by atoms with Crippen LogP contribution in [-0.2, 0) is 23.1 Å². The van der Waals surface area contributed by atoms with E-state index in [4.69, 9.17) is 5.73 Å². The molecule has 0 unspecified atom stereocenters. The molecule has 0 saturated carbocycles. The van der Waals surface area contributed by atoms with Crippen molar-refractivity contribution < 1.29 is 12.8 Å². The molecule has 0 amide bonds. The van der Waals surface area contributed by atoms with Gasteiger partial charge in [0, 0.05) is 17.5 Å². The Hall–Kier alpha value is -1.35. The first-order chi connectivity index (χ1) is 9.03. The minimum atomic E-state index is -3.69. The lowest BCUT2D eigenvalue weighted by atomic mass is 10.2. The molecule has 0 spiro atoms. The third kappa shape index (κ3) is 3.35. The molecule has 1 aromatic carbocycles. The first-order valence-electron chi connectivity index (χ1n) is 5.38. The second-order valence-electron chi connectivity index (χ2n) is 3.76. The van der Waals surface area contributed by atoms with Crippen LogP contribution in [0.25, 0.3) is 0 Å². The monoisotopic (exact) mass is 301 g/mol. The van der Waals surface area contributed by atoms with E-state index in [0.717, 1.165) is 6.07 Å². The van der Waals surface area contributed by atoms with Crippen molar-refractivity contribution in [1.82, 2.24) is 9.71 Å². The van der Waals surface area contributed by atoms with Gasteiger partial charge < -0.3 is 5.73 Å². The average Bonchev–Trinajstić information content (AvgIpc) is 2.90. The molecule has 0 aliphatic rings. The Morgan fingerprint density at radius 1 is 1.42 bits per heavy atom. The van der Waals surface area contributed by atoms with Crippen molar-refractivity contribution in [2.45, 2.75) is 18.0 Å². The fourth-order valence-corrected chi connectivity index (χ4v) is 3.06. The molecule has 8 heteroatoms. The Morgan fingerprint density at radius 2 is 2.21 bits per heavy atom. The van der Waals surface area contributed by atoms with E-state index in [2.05, 4.69) is 9.71 Å². The van der Waals surface area contributed by atoms with E-state index in [1.54, 1.807) is 10.9 Å². The topological polar surface area (TPSA) is 85.1 Å². The number of aromatic nitrogens is 1. The summed E-state index contributed by atoms with van der Waals surface area (Å²) in [5, 5.41) is 1.75. The number of benzene rings is 1. The maximum atomic E-state index is 13.3. The van der Waals surface area contributed by atoms with Gasteiger partial charge in [0.1, 0.15) is 5.82 Å². The van der Waals surface area contributed by atoms with E-state index in [1.165, 1.54) is 23.5 Å². The third-order valence-corrected chi connectivity index (χ3v) is 4.51. The van der Waals surface area contributed by atoms with Gasteiger partial charge in [0.15, 0.2) is 0 Å². The van der Waals surface area contributed by atoms with E-state index < -0.39 is 15.8 Å². The first kappa shape index (κ1) is 14.1. The maximum Gasteiger partial charge on any atom is 0.240 e. The molecule has 2 rings (SSSR count). The first-order valence-corrected chi connectivity index (χ1v) is 7.81. The number of nitrogens with zero attached hydrogens (tertiary/aromatic N) is 1. The fraction of sp³-hybridized carbons (Fsp3) is 0.182. The molecule has 5 nitrogen and oxygen atoms in total. The van der Waals surface area contributed by atoms with Gasteiger partial charge in [-0.15, -0.1) is 11.3 Å². The number of nitrogens with one attached hydrogen (secondary N) is 1. The van der Waals surface area contributed by atoms with Crippen LogP contribution < -0.4 is 10.5 Å². The summed E-state index contributed by atoms with van der Waals surface area (Å²) in [6.45, 7) is 0.0441. The lowest BCUT2D eigenvalue weighted by Crippen LogP contribution is -2.23. The zero-order valence-corrected chi connectivity index (χ0v) is 11.5. The van der Waals surface area contributed by atoms with Gasteiger partial charge >= 0.3 is 0 Å². The predicted molar refractivity (Wildman–Crippen MR) is 70.4 cm³/mol. The molecule has 102 valence electrons. The minimum absolute atomic E-state index is 0.00965. The summed E-state index contributed by atoms with van der Waals surface area (Å²) in [7, 11) is -3.69. The van der Waals surface area contributed by atoms with Crippen molar-refractivity contribution in [2.75, 3.05) is 0 Å². The average molecular weight is 301 g/mol. The second kappa shape index (κ2) is 5.74. The molecule has 19 heavy (non-hydrogen) atoms. The fourth-order valence-electron chi connectivity index (χ4n) is 1.45. The zero-order chi connectivity index (χ0) is 13.9. The summed E-state index contributed by atoms with van der Waals surface area (Å²) in [6, 6.07) is 3.54. The van der Waals surface area contributed by atoms with E-state index in [1.807, 2.05) is 0 Å². The number of hydrogen-bond acceptors (Lipinski definition) is 5. The number of thiazole rings is 1. The van der Waals surface area contributed by atoms with Gasteiger partial charge in [0.25, 0.3) is 0 Å². The van der Waals surface area contributed by atoms with Crippen molar-refractivity contribution in [2.24, 2.45) is 5.73 Å². The summed E-state index contributed by atoms with van der Waals surface area (Å²) in [6.07, 6.45) is 0. The van der Waals surface area contributed by atoms with Crippen LogP contribution in [0.4, 0.5) is 4.39 Å². The van der Waals surface area contributed by atoms with E-state index in [9.17, 15) is 12.8 Å². The summed E-state index contributed by atoms with van der Waals surface area (Å²) in [5.74, 6) is -0.513. The maximum absolute atomic E-state index is 13.3. The van der Waals surface area contributed by atoms with E-state index in [-0.39, 0.29) is 23.5 Å². The van der Waals surface area contributed by atoms with Crippen molar-refractivity contribution in [3.8, 4) is 0 Å². The number of sulfonamides is 1. The highest BCUT2D eigenvalue weighted by Crippen LogP contribution is 2.15. The van der Waals surface area contributed by atoms with Crippen molar-refractivity contribution >= 4 is 21.4 Å². The second-order valence-corrected chi connectivity index (χ2v) is 6.25. The molecule has 0 aliphatic heterocycles. The van der Waals surface area contributed by atoms with Crippen LogP contribution in [0.2, 0.25) is 0 Å². The van der Waals surface area contributed by atoms with Crippen LogP contribution in [0.3, 0.4) is 0 Å². The van der Waals surface area contributed by atoms with E-state index in [0.29, 0.717) is 5.69 Å². The molecule has 0 atom stereocenters. The van der Waals surface area contributed by atoms with Crippen LogP contribution in [0.15, 0.2) is 34.0 Å². The Morgan fingerprint density at radius 3 is 2.84 bits per heavy atom. The third-order valence-electron chi connectivity index (χ3n) is 2.47. The van der Waals surface area contributed by atoms with E-state index >= 15 is 0 Å². The largest absolute Gasteiger partial charge is 0.326 e. The SMILES string of the molecule is NCc1cc(S(=O)(=O)NCc2cscn2)ccc1F. The Bertz CT molecular complexity index is 657. The number of rotatable bonds is 5. The Kier molecular flexibility index (Phi) is 4.25. The number of hydrogen-bond donors (Lipinski definition) is 2. The zero-order valence-electron chi connectivity index (χ0n) is 9.84. The Balaban J connectivity index is 2.19. The lowest BCUT2D eigenvalue weighted by Gasteiger charge is -2.07. The Labute approximate surface area is 114 Å². The highest BCUT2D eigenvalue weighted by atomic mass is 32.2. The molecule has 1 aromatic heterocycles. The molecule has 0 fully saturated rings. The molecule has 0 bridgehead atoms. The van der Waals surface area contributed by atoms with Crippen molar-refractivity contribution in [3.63, 3.8) is 0 Å². The van der Waals surface area contributed by atoms with Crippen LogP contribution in [0.5, 0.6) is 0 Å². The minimum Gasteiger partial charge on any atom is -0.326 e. The highest BCUT2D eigenvalue weighted by molar-refractivity contribution is 7.89.